The number of hydrogen-bond donors (Lipinski definition) is 2. The number of aryl methyl sites for hydroxylation is 1. The third kappa shape index (κ3) is 5.86. The topological polar surface area (TPSA) is 52.8 Å². The molecule has 0 aliphatic carbocycles. The van der Waals surface area contributed by atoms with Crippen molar-refractivity contribution in [2.45, 2.75) is 32.7 Å². The van der Waals surface area contributed by atoms with Crippen LogP contribution in [0.1, 0.15) is 37.3 Å². The van der Waals surface area contributed by atoms with E-state index in [-0.39, 0.29) is 30.0 Å². The lowest BCUT2D eigenvalue weighted by atomic mass is 10.2. The van der Waals surface area contributed by atoms with Crippen molar-refractivity contribution in [3.63, 3.8) is 0 Å². The highest BCUT2D eigenvalue weighted by Crippen LogP contribution is 2.15. The molecule has 0 spiro atoms. The number of rotatable bonds is 5. The van der Waals surface area contributed by atoms with Crippen LogP contribution in [0.25, 0.3) is 0 Å². The average Bonchev–Trinajstić information content (AvgIpc) is 3.08. The van der Waals surface area contributed by atoms with E-state index in [2.05, 4.69) is 27.4 Å². The van der Waals surface area contributed by atoms with Gasteiger partial charge in [0.1, 0.15) is 11.5 Å². The van der Waals surface area contributed by atoms with Crippen LogP contribution in [0.15, 0.2) is 21.5 Å². The van der Waals surface area contributed by atoms with Gasteiger partial charge in [0, 0.05) is 20.1 Å². The first-order valence-corrected chi connectivity index (χ1v) is 7.45. The van der Waals surface area contributed by atoms with Gasteiger partial charge in [0.15, 0.2) is 5.96 Å². The van der Waals surface area contributed by atoms with Crippen LogP contribution in [0.2, 0.25) is 0 Å². The highest BCUT2D eigenvalue weighted by molar-refractivity contribution is 14.0. The van der Waals surface area contributed by atoms with E-state index in [1.165, 1.54) is 25.9 Å². The van der Waals surface area contributed by atoms with Gasteiger partial charge in [0.25, 0.3) is 0 Å². The van der Waals surface area contributed by atoms with Crippen LogP contribution in [0, 0.1) is 6.92 Å². The van der Waals surface area contributed by atoms with Crippen LogP contribution >= 0.6 is 24.0 Å². The molecule has 1 saturated heterocycles. The van der Waals surface area contributed by atoms with Gasteiger partial charge in [-0.1, -0.05) is 0 Å². The molecule has 1 unspecified atom stereocenters. The van der Waals surface area contributed by atoms with Crippen LogP contribution < -0.4 is 10.6 Å². The zero-order chi connectivity index (χ0) is 14.4. The first-order valence-electron chi connectivity index (χ1n) is 7.45. The van der Waals surface area contributed by atoms with Crippen molar-refractivity contribution in [3.8, 4) is 0 Å². The summed E-state index contributed by atoms with van der Waals surface area (Å²) in [5.41, 5.74) is 0. The first-order chi connectivity index (χ1) is 9.69. The summed E-state index contributed by atoms with van der Waals surface area (Å²) in [5.74, 6) is 2.70. The molecule has 21 heavy (non-hydrogen) atoms. The van der Waals surface area contributed by atoms with E-state index in [4.69, 9.17) is 4.42 Å². The minimum Gasteiger partial charge on any atom is -0.464 e. The number of guanidine groups is 1. The molecule has 2 N–H and O–H groups in total. The van der Waals surface area contributed by atoms with Crippen molar-refractivity contribution >= 4 is 29.9 Å². The number of aliphatic imine (C=N–C) groups is 1. The largest absolute Gasteiger partial charge is 0.464 e. The minimum absolute atomic E-state index is 0. The van der Waals surface area contributed by atoms with E-state index in [0.717, 1.165) is 30.6 Å². The van der Waals surface area contributed by atoms with Crippen molar-refractivity contribution in [2.75, 3.05) is 33.2 Å². The van der Waals surface area contributed by atoms with E-state index >= 15 is 0 Å². The summed E-state index contributed by atoms with van der Waals surface area (Å²) >= 11 is 0. The third-order valence-corrected chi connectivity index (χ3v) is 3.68. The van der Waals surface area contributed by atoms with Crippen molar-refractivity contribution in [1.82, 2.24) is 15.5 Å². The van der Waals surface area contributed by atoms with Crippen LogP contribution in [-0.2, 0) is 0 Å². The second-order valence-electron chi connectivity index (χ2n) is 5.36. The second-order valence-corrected chi connectivity index (χ2v) is 5.36. The quantitative estimate of drug-likeness (QED) is 0.448. The lowest BCUT2D eigenvalue weighted by Gasteiger charge is -2.19. The molecule has 0 aromatic carbocycles. The van der Waals surface area contributed by atoms with Crippen LogP contribution in [0.5, 0.6) is 0 Å². The summed E-state index contributed by atoms with van der Waals surface area (Å²) in [6.07, 6.45) is 2.67. The third-order valence-electron chi connectivity index (χ3n) is 3.68. The molecular weight excluding hydrogens is 379 g/mol. The van der Waals surface area contributed by atoms with E-state index in [0.29, 0.717) is 0 Å². The van der Waals surface area contributed by atoms with E-state index in [1.807, 2.05) is 19.1 Å². The predicted octanol–water partition coefficient (Wildman–Crippen LogP) is 2.53. The van der Waals surface area contributed by atoms with Gasteiger partial charge in [-0.05, 0) is 51.9 Å². The number of nitrogens with zero attached hydrogens (tertiary/aromatic N) is 2. The van der Waals surface area contributed by atoms with Crippen molar-refractivity contribution in [2.24, 2.45) is 4.99 Å². The number of hydrogen-bond acceptors (Lipinski definition) is 3. The number of nitrogens with one attached hydrogen (secondary N) is 2. The normalized spacial score (nSPS) is 17.4. The van der Waals surface area contributed by atoms with E-state index in [1.54, 1.807) is 7.05 Å². The van der Waals surface area contributed by atoms with Gasteiger partial charge in [-0.15, -0.1) is 24.0 Å². The van der Waals surface area contributed by atoms with E-state index < -0.39 is 0 Å². The molecule has 0 radical (unpaired) electrons. The molecule has 1 aromatic rings. The summed E-state index contributed by atoms with van der Waals surface area (Å²) in [4.78, 5) is 6.74. The van der Waals surface area contributed by atoms with Gasteiger partial charge >= 0.3 is 0 Å². The highest BCUT2D eigenvalue weighted by Gasteiger charge is 2.13. The summed E-state index contributed by atoms with van der Waals surface area (Å²) in [7, 11) is 1.80. The lowest BCUT2D eigenvalue weighted by molar-refractivity contribution is 0.343. The molecule has 6 heteroatoms. The Balaban J connectivity index is 0.00000220. The van der Waals surface area contributed by atoms with Gasteiger partial charge in [-0.25, -0.2) is 0 Å². The SMILES string of the molecule is CN=C(NCCN1CCCC1)NC(C)c1ccc(C)o1.I. The Labute approximate surface area is 144 Å². The Morgan fingerprint density at radius 1 is 1.38 bits per heavy atom. The molecule has 2 heterocycles. The van der Waals surface area contributed by atoms with Gasteiger partial charge < -0.3 is 20.0 Å². The molecule has 1 aliphatic heterocycles. The van der Waals surface area contributed by atoms with Crippen LogP contribution in [0.3, 0.4) is 0 Å². The molecule has 120 valence electrons. The standard InChI is InChI=1S/C15H26N4O.HI/c1-12-6-7-14(20-12)13(2)18-15(16-3)17-8-11-19-9-4-5-10-19;/h6-7,13H,4-5,8-11H2,1-3H3,(H2,16,17,18);1H. The molecule has 0 saturated carbocycles. The fourth-order valence-electron chi connectivity index (χ4n) is 2.50. The lowest BCUT2D eigenvalue weighted by Crippen LogP contribution is -2.42. The molecule has 1 aliphatic rings. The summed E-state index contributed by atoms with van der Waals surface area (Å²) in [6.45, 7) is 8.50. The number of likely N-dealkylation sites (tertiary alicyclic amines) is 1. The Kier molecular flexibility index (Phi) is 8.10. The molecule has 1 fully saturated rings. The molecule has 0 amide bonds. The number of furan rings is 1. The van der Waals surface area contributed by atoms with Gasteiger partial charge in [-0.3, -0.25) is 4.99 Å². The summed E-state index contributed by atoms with van der Waals surface area (Å²) in [5, 5.41) is 6.71. The Hall–Kier alpha value is -0.760. The smallest absolute Gasteiger partial charge is 0.191 e. The Bertz CT molecular complexity index is 441. The van der Waals surface area contributed by atoms with Crippen LogP contribution in [0.4, 0.5) is 0 Å². The Morgan fingerprint density at radius 2 is 2.10 bits per heavy atom. The molecule has 1 atom stereocenters. The van der Waals surface area contributed by atoms with Gasteiger partial charge in [0.2, 0.25) is 0 Å². The maximum absolute atomic E-state index is 5.62. The summed E-state index contributed by atoms with van der Waals surface area (Å²) < 4.78 is 5.62. The van der Waals surface area contributed by atoms with Crippen molar-refractivity contribution in [3.05, 3.63) is 23.7 Å². The van der Waals surface area contributed by atoms with Gasteiger partial charge in [0.05, 0.1) is 6.04 Å². The fourth-order valence-corrected chi connectivity index (χ4v) is 2.50. The predicted molar refractivity (Wildman–Crippen MR) is 97.4 cm³/mol. The minimum atomic E-state index is 0. The molecule has 2 rings (SSSR count). The zero-order valence-corrected chi connectivity index (χ0v) is 15.5. The van der Waals surface area contributed by atoms with Gasteiger partial charge in [-0.2, -0.15) is 0 Å². The average molecular weight is 406 g/mol. The molecular formula is C15H27IN4O. The van der Waals surface area contributed by atoms with Crippen LogP contribution in [-0.4, -0.2) is 44.1 Å². The highest BCUT2D eigenvalue weighted by atomic mass is 127. The second kappa shape index (κ2) is 9.30. The summed E-state index contributed by atoms with van der Waals surface area (Å²) in [6, 6.07) is 4.10. The molecule has 5 nitrogen and oxygen atoms in total. The van der Waals surface area contributed by atoms with Crippen molar-refractivity contribution in [1.29, 1.82) is 0 Å². The fraction of sp³-hybridized carbons (Fsp3) is 0.667. The molecule has 0 bridgehead atoms. The van der Waals surface area contributed by atoms with E-state index in [9.17, 15) is 0 Å². The number of halogens is 1. The zero-order valence-electron chi connectivity index (χ0n) is 13.2. The Morgan fingerprint density at radius 3 is 2.67 bits per heavy atom. The van der Waals surface area contributed by atoms with Crippen molar-refractivity contribution < 1.29 is 4.42 Å². The molecule has 1 aromatic heterocycles. The maximum atomic E-state index is 5.62. The maximum Gasteiger partial charge on any atom is 0.191 e. The monoisotopic (exact) mass is 406 g/mol. The first kappa shape index (κ1) is 18.3.